The minimum Gasteiger partial charge on any atom is -0.462 e. The Morgan fingerprint density at radius 3 is 2.75 bits per heavy atom. The van der Waals surface area contributed by atoms with Gasteiger partial charge >= 0.3 is 5.97 Å². The van der Waals surface area contributed by atoms with Crippen molar-refractivity contribution in [2.45, 2.75) is 13.8 Å². The number of esters is 1. The fraction of sp³-hybridized carbons (Fsp3) is 0.429. The zero-order valence-electron chi connectivity index (χ0n) is 13.2. The number of nitrogens with one attached hydrogen (secondary N) is 1. The summed E-state index contributed by atoms with van der Waals surface area (Å²) in [5.74, 6) is -0.398. The van der Waals surface area contributed by atoms with Crippen molar-refractivity contribution >= 4 is 62.0 Å². The Hall–Kier alpha value is -1.52. The van der Waals surface area contributed by atoms with Gasteiger partial charge in [-0.05, 0) is 19.4 Å². The van der Waals surface area contributed by atoms with E-state index in [1.54, 1.807) is 25.6 Å². The number of rotatable bonds is 6. The van der Waals surface area contributed by atoms with Gasteiger partial charge in [0, 0.05) is 5.75 Å². The minimum atomic E-state index is -0.644. The van der Waals surface area contributed by atoms with Gasteiger partial charge in [0.1, 0.15) is 9.38 Å². The van der Waals surface area contributed by atoms with Crippen molar-refractivity contribution in [1.82, 2.24) is 0 Å². The second-order valence-corrected chi connectivity index (χ2v) is 8.00. The fourth-order valence-corrected chi connectivity index (χ4v) is 4.85. The lowest BCUT2D eigenvalue weighted by Crippen LogP contribution is -2.17. The van der Waals surface area contributed by atoms with Gasteiger partial charge in [0.05, 0.1) is 29.3 Å². The number of thiophene rings is 1. The zero-order chi connectivity index (χ0) is 17.7. The van der Waals surface area contributed by atoms with Gasteiger partial charge in [-0.15, -0.1) is 11.3 Å². The average Bonchev–Trinajstić information content (AvgIpc) is 3.13. The molecule has 1 aromatic heterocycles. The first kappa shape index (κ1) is 18.8. The number of nitrogens with zero attached hydrogens (tertiary/aromatic N) is 1. The van der Waals surface area contributed by atoms with E-state index >= 15 is 0 Å². The summed E-state index contributed by atoms with van der Waals surface area (Å²) in [5.41, 5.74) is 5.93. The van der Waals surface area contributed by atoms with Crippen LogP contribution in [-0.4, -0.2) is 46.8 Å². The molecule has 7 nitrogen and oxygen atoms in total. The topological polar surface area (TPSA) is 111 Å². The Kier molecular flexibility index (Phi) is 6.69. The van der Waals surface area contributed by atoms with Gasteiger partial charge in [-0.3, -0.25) is 14.6 Å². The summed E-state index contributed by atoms with van der Waals surface area (Å²) in [6, 6.07) is 0. The maximum atomic E-state index is 12.1. The van der Waals surface area contributed by atoms with E-state index in [9.17, 15) is 14.4 Å². The summed E-state index contributed by atoms with van der Waals surface area (Å²) in [6.45, 7) is 4.26. The first-order chi connectivity index (χ1) is 11.4. The number of anilines is 1. The number of carbonyl (C=O) groups is 3. The van der Waals surface area contributed by atoms with Gasteiger partial charge < -0.3 is 15.8 Å². The first-order valence-corrected chi connectivity index (χ1v) is 9.93. The third-order valence-corrected chi connectivity index (χ3v) is 6.46. The molecule has 0 saturated carbocycles. The molecule has 0 fully saturated rings. The molecule has 1 aliphatic heterocycles. The molecule has 0 spiro atoms. The number of thioether (sulfide) groups is 2. The number of aliphatic imine (C=N–C) groups is 1. The molecule has 0 unspecified atom stereocenters. The van der Waals surface area contributed by atoms with Crippen molar-refractivity contribution in [3.8, 4) is 0 Å². The molecule has 0 bridgehead atoms. The highest BCUT2D eigenvalue weighted by Gasteiger charge is 2.25. The van der Waals surface area contributed by atoms with Crippen molar-refractivity contribution in [3.05, 3.63) is 16.0 Å². The molecular weight excluding hydrogens is 370 g/mol. The Labute approximate surface area is 151 Å². The Morgan fingerprint density at radius 2 is 2.17 bits per heavy atom. The van der Waals surface area contributed by atoms with E-state index in [-0.39, 0.29) is 33.7 Å². The van der Waals surface area contributed by atoms with Gasteiger partial charge in [-0.1, -0.05) is 23.5 Å². The molecule has 0 atom stereocenters. The molecule has 0 saturated heterocycles. The Morgan fingerprint density at radius 1 is 1.42 bits per heavy atom. The van der Waals surface area contributed by atoms with E-state index in [4.69, 9.17) is 10.5 Å². The lowest BCUT2D eigenvalue weighted by Gasteiger charge is -2.07. The van der Waals surface area contributed by atoms with Crippen LogP contribution in [0.25, 0.3) is 0 Å². The average molecular weight is 388 g/mol. The second kappa shape index (κ2) is 8.54. The molecule has 0 radical (unpaired) electrons. The number of amides is 2. The van der Waals surface area contributed by atoms with E-state index in [1.165, 1.54) is 11.8 Å². The predicted octanol–water partition coefficient (Wildman–Crippen LogP) is 2.11. The van der Waals surface area contributed by atoms with Gasteiger partial charge in [-0.25, -0.2) is 4.79 Å². The molecule has 3 N–H and O–H groups in total. The number of primary amides is 1. The summed E-state index contributed by atoms with van der Waals surface area (Å²) in [5, 5.41) is 2.96. The quantitative estimate of drug-likeness (QED) is 0.723. The molecule has 24 heavy (non-hydrogen) atoms. The molecule has 0 aliphatic carbocycles. The third-order valence-electron chi connectivity index (χ3n) is 2.99. The number of ether oxygens (including phenoxy) is 1. The third kappa shape index (κ3) is 4.52. The monoisotopic (exact) mass is 387 g/mol. The highest BCUT2D eigenvalue weighted by atomic mass is 32.2. The first-order valence-electron chi connectivity index (χ1n) is 7.14. The van der Waals surface area contributed by atoms with E-state index in [2.05, 4.69) is 10.3 Å². The molecule has 1 aliphatic rings. The van der Waals surface area contributed by atoms with Crippen molar-refractivity contribution in [2.24, 2.45) is 10.7 Å². The molecule has 2 rings (SSSR count). The van der Waals surface area contributed by atoms with Crippen LogP contribution < -0.4 is 11.1 Å². The maximum Gasteiger partial charge on any atom is 0.341 e. The Bertz CT molecular complexity index is 700. The lowest BCUT2D eigenvalue weighted by atomic mass is 10.1. The number of nitrogens with two attached hydrogens (primary N) is 1. The van der Waals surface area contributed by atoms with Gasteiger partial charge in [0.15, 0.2) is 0 Å². The summed E-state index contributed by atoms with van der Waals surface area (Å²) in [7, 11) is 0. The molecule has 10 heteroatoms. The second-order valence-electron chi connectivity index (χ2n) is 4.68. The Balaban J connectivity index is 2.15. The van der Waals surface area contributed by atoms with Crippen molar-refractivity contribution in [2.75, 3.05) is 30.0 Å². The normalized spacial score (nSPS) is 13.5. The van der Waals surface area contributed by atoms with Gasteiger partial charge in [-0.2, -0.15) is 0 Å². The highest BCUT2D eigenvalue weighted by molar-refractivity contribution is 8.39. The standard InChI is InChI=1S/C14H17N3O4S3/c1-3-21-13(20)9-7(2)10(11(15)19)24-12(9)17-8(18)6-23-14-16-4-5-22-14/h3-6H2,1-2H3,(H2,15,19)(H,17,18). The van der Waals surface area contributed by atoms with Crippen molar-refractivity contribution in [1.29, 1.82) is 0 Å². The molecule has 2 amide bonds. The van der Waals surface area contributed by atoms with Crippen molar-refractivity contribution < 1.29 is 19.1 Å². The summed E-state index contributed by atoms with van der Waals surface area (Å²) in [4.78, 5) is 40.2. The number of hydrogen-bond acceptors (Lipinski definition) is 8. The van der Waals surface area contributed by atoms with Crippen LogP contribution >= 0.6 is 34.9 Å². The minimum absolute atomic E-state index is 0.178. The van der Waals surface area contributed by atoms with Crippen LogP contribution in [0.2, 0.25) is 0 Å². The highest BCUT2D eigenvalue weighted by Crippen LogP contribution is 2.33. The molecule has 2 heterocycles. The van der Waals surface area contributed by atoms with Crippen LogP contribution in [0.3, 0.4) is 0 Å². The van der Waals surface area contributed by atoms with Crippen LogP contribution in [0, 0.1) is 6.92 Å². The maximum absolute atomic E-state index is 12.1. The lowest BCUT2D eigenvalue weighted by molar-refractivity contribution is -0.113. The molecular formula is C14H17N3O4S3. The summed E-state index contributed by atoms with van der Waals surface area (Å²) >= 11 is 3.95. The van der Waals surface area contributed by atoms with Crippen LogP contribution in [0.15, 0.2) is 4.99 Å². The van der Waals surface area contributed by atoms with Crippen LogP contribution in [0.4, 0.5) is 5.00 Å². The summed E-state index contributed by atoms with van der Waals surface area (Å²) < 4.78 is 5.89. The number of carbonyl (C=O) groups excluding carboxylic acids is 3. The summed E-state index contributed by atoms with van der Waals surface area (Å²) in [6.07, 6.45) is 0. The molecule has 1 aromatic rings. The SMILES string of the molecule is CCOC(=O)c1c(NC(=O)CSC2=NCCS2)sc(C(N)=O)c1C. The van der Waals surface area contributed by atoms with Crippen LogP contribution in [-0.2, 0) is 9.53 Å². The van der Waals surface area contributed by atoms with Crippen LogP contribution in [0.1, 0.15) is 32.5 Å². The molecule has 0 aromatic carbocycles. The van der Waals surface area contributed by atoms with E-state index < -0.39 is 11.9 Å². The van der Waals surface area contributed by atoms with Gasteiger partial charge in [0.2, 0.25) is 5.91 Å². The predicted molar refractivity (Wildman–Crippen MR) is 99.4 cm³/mol. The van der Waals surface area contributed by atoms with Crippen LogP contribution in [0.5, 0.6) is 0 Å². The fourth-order valence-electron chi connectivity index (χ4n) is 1.98. The molecule has 130 valence electrons. The van der Waals surface area contributed by atoms with E-state index in [0.717, 1.165) is 28.0 Å². The van der Waals surface area contributed by atoms with Gasteiger partial charge in [0.25, 0.3) is 5.91 Å². The van der Waals surface area contributed by atoms with E-state index in [0.29, 0.717) is 5.56 Å². The van der Waals surface area contributed by atoms with Crippen molar-refractivity contribution in [3.63, 3.8) is 0 Å². The van der Waals surface area contributed by atoms with E-state index in [1.807, 2.05) is 0 Å². The smallest absolute Gasteiger partial charge is 0.341 e. The largest absolute Gasteiger partial charge is 0.462 e. The zero-order valence-corrected chi connectivity index (χ0v) is 15.7. The number of hydrogen-bond donors (Lipinski definition) is 2.